The molecule has 0 amide bonds. The maximum atomic E-state index is 10.5. The van der Waals surface area contributed by atoms with E-state index < -0.39 is 0 Å². The highest BCUT2D eigenvalue weighted by atomic mass is 16.3. The van der Waals surface area contributed by atoms with Gasteiger partial charge in [-0.05, 0) is 45.7 Å². The van der Waals surface area contributed by atoms with Crippen molar-refractivity contribution in [2.45, 2.75) is 77.9 Å². The monoisotopic (exact) mass is 255 g/mol. The number of aliphatic hydroxyl groups excluding tert-OH is 1. The van der Waals surface area contributed by atoms with Gasteiger partial charge in [-0.25, -0.2) is 0 Å². The standard InChI is InChI=1S/C16H33NO/c1-6-10-11-12-13-14-15(18)16(5,7-2)17(8-3)9-4/h6,15,18H,1,7-14H2,2-5H3. The average Bonchev–Trinajstić information content (AvgIpc) is 2.39. The van der Waals surface area contributed by atoms with Gasteiger partial charge in [0.2, 0.25) is 0 Å². The number of rotatable bonds is 11. The normalized spacial score (nSPS) is 16.6. The highest BCUT2D eigenvalue weighted by Crippen LogP contribution is 2.26. The highest BCUT2D eigenvalue weighted by Gasteiger charge is 2.35. The molecule has 0 saturated carbocycles. The van der Waals surface area contributed by atoms with Crippen LogP contribution in [0.15, 0.2) is 12.7 Å². The van der Waals surface area contributed by atoms with Gasteiger partial charge in [-0.1, -0.05) is 39.7 Å². The molecule has 0 aromatic heterocycles. The van der Waals surface area contributed by atoms with Crippen LogP contribution in [0.2, 0.25) is 0 Å². The van der Waals surface area contributed by atoms with E-state index in [1.807, 2.05) is 6.08 Å². The van der Waals surface area contributed by atoms with Crippen LogP contribution in [-0.2, 0) is 0 Å². The molecule has 18 heavy (non-hydrogen) atoms. The Morgan fingerprint density at radius 3 is 2.22 bits per heavy atom. The van der Waals surface area contributed by atoms with Crippen LogP contribution in [0.4, 0.5) is 0 Å². The van der Waals surface area contributed by atoms with Gasteiger partial charge in [-0.3, -0.25) is 4.90 Å². The third-order valence-electron chi connectivity index (χ3n) is 4.31. The number of allylic oxidation sites excluding steroid dienone is 1. The van der Waals surface area contributed by atoms with Gasteiger partial charge in [0.05, 0.1) is 6.10 Å². The Kier molecular flexibility index (Phi) is 9.39. The number of nitrogens with zero attached hydrogens (tertiary/aromatic N) is 1. The molecule has 2 atom stereocenters. The molecule has 0 spiro atoms. The van der Waals surface area contributed by atoms with E-state index in [0.717, 1.165) is 38.8 Å². The summed E-state index contributed by atoms with van der Waals surface area (Å²) in [6.07, 6.45) is 8.28. The number of hydrogen-bond acceptors (Lipinski definition) is 2. The first kappa shape index (κ1) is 17.7. The maximum absolute atomic E-state index is 10.5. The number of likely N-dealkylation sites (N-methyl/N-ethyl adjacent to an activating group) is 1. The van der Waals surface area contributed by atoms with E-state index in [2.05, 4.69) is 39.2 Å². The zero-order valence-corrected chi connectivity index (χ0v) is 12.9. The SMILES string of the molecule is C=CCCCCCC(O)C(C)(CC)N(CC)CC. The number of aliphatic hydroxyl groups is 1. The molecule has 0 aliphatic rings. The molecular formula is C16H33NO. The van der Waals surface area contributed by atoms with Gasteiger partial charge in [0.15, 0.2) is 0 Å². The highest BCUT2D eigenvalue weighted by molar-refractivity contribution is 4.91. The van der Waals surface area contributed by atoms with E-state index in [4.69, 9.17) is 0 Å². The van der Waals surface area contributed by atoms with Gasteiger partial charge >= 0.3 is 0 Å². The van der Waals surface area contributed by atoms with E-state index in [-0.39, 0.29) is 11.6 Å². The molecule has 2 nitrogen and oxygen atoms in total. The minimum absolute atomic E-state index is 0.0675. The lowest BCUT2D eigenvalue weighted by Crippen LogP contribution is -2.54. The summed E-state index contributed by atoms with van der Waals surface area (Å²) < 4.78 is 0. The van der Waals surface area contributed by atoms with E-state index in [1.165, 1.54) is 12.8 Å². The lowest BCUT2D eigenvalue weighted by molar-refractivity contribution is -0.0248. The van der Waals surface area contributed by atoms with Crippen molar-refractivity contribution in [2.24, 2.45) is 0 Å². The van der Waals surface area contributed by atoms with Gasteiger partial charge in [0, 0.05) is 5.54 Å². The van der Waals surface area contributed by atoms with Crippen LogP contribution >= 0.6 is 0 Å². The molecule has 0 saturated heterocycles. The van der Waals surface area contributed by atoms with Crippen LogP contribution < -0.4 is 0 Å². The van der Waals surface area contributed by atoms with Gasteiger partial charge in [-0.15, -0.1) is 6.58 Å². The van der Waals surface area contributed by atoms with Crippen LogP contribution in [0.3, 0.4) is 0 Å². The molecule has 108 valence electrons. The third kappa shape index (κ3) is 5.11. The van der Waals surface area contributed by atoms with Gasteiger partial charge < -0.3 is 5.11 Å². The van der Waals surface area contributed by atoms with Crippen molar-refractivity contribution in [3.8, 4) is 0 Å². The molecular weight excluding hydrogens is 222 g/mol. The van der Waals surface area contributed by atoms with E-state index in [9.17, 15) is 5.11 Å². The van der Waals surface area contributed by atoms with Crippen LogP contribution in [0.25, 0.3) is 0 Å². The smallest absolute Gasteiger partial charge is 0.0721 e. The minimum Gasteiger partial charge on any atom is -0.391 e. The Morgan fingerprint density at radius 2 is 1.78 bits per heavy atom. The van der Waals surface area contributed by atoms with Crippen molar-refractivity contribution < 1.29 is 5.11 Å². The summed E-state index contributed by atoms with van der Waals surface area (Å²) in [6.45, 7) is 14.5. The second-order valence-corrected chi connectivity index (χ2v) is 5.33. The fourth-order valence-corrected chi connectivity index (χ4v) is 2.73. The van der Waals surface area contributed by atoms with Crippen LogP contribution in [-0.4, -0.2) is 34.7 Å². The summed E-state index contributed by atoms with van der Waals surface area (Å²) >= 11 is 0. The summed E-state index contributed by atoms with van der Waals surface area (Å²) in [5, 5.41) is 10.5. The summed E-state index contributed by atoms with van der Waals surface area (Å²) in [7, 11) is 0. The molecule has 0 radical (unpaired) electrons. The van der Waals surface area contributed by atoms with Crippen molar-refractivity contribution in [3.63, 3.8) is 0 Å². The largest absolute Gasteiger partial charge is 0.391 e. The number of unbranched alkanes of at least 4 members (excludes halogenated alkanes) is 3. The zero-order chi connectivity index (χ0) is 14.0. The summed E-state index contributed by atoms with van der Waals surface area (Å²) in [5.74, 6) is 0. The third-order valence-corrected chi connectivity index (χ3v) is 4.31. The first-order valence-electron chi connectivity index (χ1n) is 7.60. The summed E-state index contributed by atoms with van der Waals surface area (Å²) in [5.41, 5.74) is -0.0675. The molecule has 0 bridgehead atoms. The van der Waals surface area contributed by atoms with Crippen molar-refractivity contribution in [1.29, 1.82) is 0 Å². The molecule has 0 rings (SSSR count). The second kappa shape index (κ2) is 9.57. The average molecular weight is 255 g/mol. The van der Waals surface area contributed by atoms with Gasteiger partial charge in [0.1, 0.15) is 0 Å². The van der Waals surface area contributed by atoms with E-state index >= 15 is 0 Å². The minimum atomic E-state index is -0.217. The van der Waals surface area contributed by atoms with Crippen LogP contribution in [0.5, 0.6) is 0 Å². The molecule has 0 aromatic rings. The molecule has 1 N–H and O–H groups in total. The van der Waals surface area contributed by atoms with Crippen molar-refractivity contribution in [1.82, 2.24) is 4.90 Å². The van der Waals surface area contributed by atoms with Crippen molar-refractivity contribution in [2.75, 3.05) is 13.1 Å². The Labute approximate surface area is 114 Å². The molecule has 0 heterocycles. The second-order valence-electron chi connectivity index (χ2n) is 5.33. The molecule has 2 unspecified atom stereocenters. The van der Waals surface area contributed by atoms with Crippen molar-refractivity contribution >= 4 is 0 Å². The lowest BCUT2D eigenvalue weighted by Gasteiger charge is -2.43. The Balaban J connectivity index is 4.23. The fraction of sp³-hybridized carbons (Fsp3) is 0.875. The molecule has 0 aromatic carbocycles. The Bertz CT molecular complexity index is 213. The molecule has 0 fully saturated rings. The van der Waals surface area contributed by atoms with Crippen molar-refractivity contribution in [3.05, 3.63) is 12.7 Å². The first-order chi connectivity index (χ1) is 8.56. The zero-order valence-electron chi connectivity index (χ0n) is 12.9. The topological polar surface area (TPSA) is 23.5 Å². The predicted molar refractivity (Wildman–Crippen MR) is 80.9 cm³/mol. The predicted octanol–water partition coefficient (Wildman–Crippen LogP) is 3.99. The quantitative estimate of drug-likeness (QED) is 0.446. The summed E-state index contributed by atoms with van der Waals surface area (Å²) in [6, 6.07) is 0. The fourth-order valence-electron chi connectivity index (χ4n) is 2.73. The van der Waals surface area contributed by atoms with Crippen LogP contribution in [0, 0.1) is 0 Å². The van der Waals surface area contributed by atoms with Gasteiger partial charge in [-0.2, -0.15) is 0 Å². The van der Waals surface area contributed by atoms with E-state index in [1.54, 1.807) is 0 Å². The van der Waals surface area contributed by atoms with Crippen LogP contribution in [0.1, 0.15) is 66.2 Å². The Morgan fingerprint density at radius 1 is 1.17 bits per heavy atom. The van der Waals surface area contributed by atoms with E-state index in [0.29, 0.717) is 0 Å². The molecule has 0 aliphatic heterocycles. The molecule has 0 aliphatic carbocycles. The maximum Gasteiger partial charge on any atom is 0.0721 e. The Hall–Kier alpha value is -0.340. The summed E-state index contributed by atoms with van der Waals surface area (Å²) in [4.78, 5) is 2.39. The first-order valence-corrected chi connectivity index (χ1v) is 7.60. The number of hydrogen-bond donors (Lipinski definition) is 1. The van der Waals surface area contributed by atoms with Gasteiger partial charge in [0.25, 0.3) is 0 Å². The molecule has 2 heteroatoms. The lowest BCUT2D eigenvalue weighted by atomic mass is 9.86.